The Kier molecular flexibility index (Phi) is 11.5. The molecule has 0 saturated carbocycles. The van der Waals surface area contributed by atoms with Crippen LogP contribution in [0.2, 0.25) is 0 Å². The highest BCUT2D eigenvalue weighted by Gasteiger charge is 2.28. The van der Waals surface area contributed by atoms with Crippen molar-refractivity contribution in [3.63, 3.8) is 0 Å². The lowest BCUT2D eigenvalue weighted by Gasteiger charge is -2.21. The minimum Gasteiger partial charge on any atom is -0.475 e. The van der Waals surface area contributed by atoms with Gasteiger partial charge in [0.05, 0.1) is 12.4 Å². The molecule has 28 heavy (non-hydrogen) atoms. The third-order valence-electron chi connectivity index (χ3n) is 3.28. The fourth-order valence-electron chi connectivity index (χ4n) is 1.75. The molecule has 2 unspecified atom stereocenters. The SMILES string of the molecule is CCOC(=O)C(N)CCC(=O)NC(CSCC(=O)C(=O)O)C(=O)N(C)C(=O)O. The second kappa shape index (κ2) is 12.7. The molecule has 0 aliphatic rings. The molecule has 0 spiro atoms. The number of thioether (sulfide) groups is 1. The smallest absolute Gasteiger partial charge is 0.413 e. The largest absolute Gasteiger partial charge is 0.475 e. The van der Waals surface area contributed by atoms with Gasteiger partial charge in [0.2, 0.25) is 11.7 Å². The molecule has 3 amide bonds. The molecule has 0 saturated heterocycles. The van der Waals surface area contributed by atoms with Crippen LogP contribution in [0.25, 0.3) is 0 Å². The molecule has 0 aliphatic heterocycles. The number of aliphatic carboxylic acids is 1. The number of nitrogens with two attached hydrogens (primary N) is 1. The van der Waals surface area contributed by atoms with Crippen molar-refractivity contribution in [2.75, 3.05) is 25.2 Å². The minimum atomic E-state index is -1.64. The van der Waals surface area contributed by atoms with Gasteiger partial charge in [0.1, 0.15) is 12.1 Å². The molecule has 12 nitrogen and oxygen atoms in total. The Hall–Kier alpha value is -2.67. The van der Waals surface area contributed by atoms with Gasteiger partial charge in [-0.05, 0) is 13.3 Å². The number of carboxylic acids is 1. The van der Waals surface area contributed by atoms with E-state index in [0.29, 0.717) is 4.90 Å². The molecule has 0 aromatic rings. The molecular formula is C15H23N3O9S. The van der Waals surface area contributed by atoms with Gasteiger partial charge in [-0.25, -0.2) is 14.5 Å². The van der Waals surface area contributed by atoms with Crippen LogP contribution in [-0.2, 0) is 28.7 Å². The third kappa shape index (κ3) is 9.32. The second-order valence-electron chi connectivity index (χ2n) is 5.44. The fourth-order valence-corrected chi connectivity index (χ4v) is 2.64. The Balaban J connectivity index is 4.86. The van der Waals surface area contributed by atoms with Gasteiger partial charge in [-0.15, -0.1) is 0 Å². The summed E-state index contributed by atoms with van der Waals surface area (Å²) in [5.41, 5.74) is 5.57. The summed E-state index contributed by atoms with van der Waals surface area (Å²) in [4.78, 5) is 68.5. The predicted molar refractivity (Wildman–Crippen MR) is 96.5 cm³/mol. The standard InChI is InChI=1S/C15H23N3O9S/c1-3-27-14(24)8(16)4-5-11(20)17-9(12(21)18(2)15(25)26)6-28-7-10(19)13(22)23/h8-9H,3-7,16H2,1-2H3,(H,17,20)(H,22,23)(H,25,26). The number of hydrogen-bond donors (Lipinski definition) is 4. The quantitative estimate of drug-likeness (QED) is 0.215. The van der Waals surface area contributed by atoms with Crippen molar-refractivity contribution in [1.82, 2.24) is 10.2 Å². The summed E-state index contributed by atoms with van der Waals surface area (Å²) in [5, 5.41) is 19.7. The van der Waals surface area contributed by atoms with Gasteiger partial charge < -0.3 is 26.0 Å². The molecular weight excluding hydrogens is 398 g/mol. The molecule has 0 heterocycles. The average Bonchev–Trinajstić information content (AvgIpc) is 2.63. The number of nitrogens with one attached hydrogen (secondary N) is 1. The van der Waals surface area contributed by atoms with E-state index in [4.69, 9.17) is 20.7 Å². The summed E-state index contributed by atoms with van der Waals surface area (Å²) in [6, 6.07) is -2.36. The van der Waals surface area contributed by atoms with E-state index >= 15 is 0 Å². The van der Waals surface area contributed by atoms with Gasteiger partial charge in [0, 0.05) is 19.2 Å². The summed E-state index contributed by atoms with van der Waals surface area (Å²) in [7, 11) is 0.980. The van der Waals surface area contributed by atoms with Crippen molar-refractivity contribution in [3.05, 3.63) is 0 Å². The van der Waals surface area contributed by atoms with E-state index in [0.717, 1.165) is 18.8 Å². The number of esters is 1. The van der Waals surface area contributed by atoms with Crippen LogP contribution in [0.5, 0.6) is 0 Å². The van der Waals surface area contributed by atoms with Gasteiger partial charge in [-0.1, -0.05) is 0 Å². The number of Topliss-reactive ketones (excluding diaryl/α,β-unsaturated/α-hetero) is 1. The first-order chi connectivity index (χ1) is 13.0. The van der Waals surface area contributed by atoms with Crippen LogP contribution in [0.3, 0.4) is 0 Å². The number of ketones is 1. The number of likely N-dealkylation sites (N-methyl/N-ethyl adjacent to an activating group) is 1. The van der Waals surface area contributed by atoms with Crippen molar-refractivity contribution in [1.29, 1.82) is 0 Å². The van der Waals surface area contributed by atoms with Crippen LogP contribution in [0.1, 0.15) is 19.8 Å². The first kappa shape index (κ1) is 25.3. The van der Waals surface area contributed by atoms with E-state index in [1.54, 1.807) is 6.92 Å². The van der Waals surface area contributed by atoms with Gasteiger partial charge in [0.15, 0.2) is 0 Å². The summed E-state index contributed by atoms with van der Waals surface area (Å²) in [6.45, 7) is 1.72. The Morgan fingerprint density at radius 3 is 2.29 bits per heavy atom. The number of imide groups is 1. The molecule has 0 bridgehead atoms. The van der Waals surface area contributed by atoms with E-state index < -0.39 is 53.5 Å². The Bertz CT molecular complexity index is 626. The maximum atomic E-state index is 12.2. The number of nitrogens with zero attached hydrogens (tertiary/aromatic N) is 1. The average molecular weight is 421 g/mol. The maximum absolute atomic E-state index is 12.2. The highest BCUT2D eigenvalue weighted by molar-refractivity contribution is 8.00. The van der Waals surface area contributed by atoms with Crippen LogP contribution in [0.15, 0.2) is 0 Å². The molecule has 13 heteroatoms. The summed E-state index contributed by atoms with van der Waals surface area (Å²) >= 11 is 0.749. The molecule has 158 valence electrons. The molecule has 0 aromatic heterocycles. The zero-order chi connectivity index (χ0) is 21.9. The highest BCUT2D eigenvalue weighted by Crippen LogP contribution is 2.08. The molecule has 0 aliphatic carbocycles. The predicted octanol–water partition coefficient (Wildman–Crippen LogP) is -1.33. The van der Waals surface area contributed by atoms with Gasteiger partial charge >= 0.3 is 18.0 Å². The van der Waals surface area contributed by atoms with Crippen molar-refractivity contribution in [3.8, 4) is 0 Å². The molecule has 0 radical (unpaired) electrons. The number of amides is 3. The zero-order valence-corrected chi connectivity index (χ0v) is 16.2. The third-order valence-corrected chi connectivity index (χ3v) is 4.31. The first-order valence-corrected chi connectivity index (χ1v) is 9.22. The Morgan fingerprint density at radius 2 is 1.79 bits per heavy atom. The number of rotatable bonds is 12. The second-order valence-corrected chi connectivity index (χ2v) is 6.47. The molecule has 2 atom stereocenters. The van der Waals surface area contributed by atoms with Gasteiger partial charge in [-0.2, -0.15) is 11.8 Å². The number of ether oxygens (including phenoxy) is 1. The van der Waals surface area contributed by atoms with Gasteiger partial charge in [0.25, 0.3) is 5.91 Å². The number of carboxylic acid groups (broad SMARTS) is 2. The van der Waals surface area contributed by atoms with Crippen LogP contribution in [-0.4, -0.2) is 88.0 Å². The Labute approximate surface area is 164 Å². The lowest BCUT2D eigenvalue weighted by molar-refractivity contribution is -0.147. The van der Waals surface area contributed by atoms with Crippen molar-refractivity contribution >= 4 is 47.4 Å². The van der Waals surface area contributed by atoms with E-state index in [1.807, 2.05) is 0 Å². The lowest BCUT2D eigenvalue weighted by atomic mass is 10.1. The minimum absolute atomic E-state index is 0.0645. The zero-order valence-electron chi connectivity index (χ0n) is 15.4. The number of hydrogen-bond acceptors (Lipinski definition) is 9. The highest BCUT2D eigenvalue weighted by atomic mass is 32.2. The van der Waals surface area contributed by atoms with E-state index in [-0.39, 0.29) is 25.2 Å². The van der Waals surface area contributed by atoms with Gasteiger partial charge in [-0.3, -0.25) is 19.2 Å². The first-order valence-electron chi connectivity index (χ1n) is 8.07. The van der Waals surface area contributed by atoms with Crippen LogP contribution in [0, 0.1) is 0 Å². The summed E-state index contributed by atoms with van der Waals surface area (Å²) < 4.78 is 4.70. The van der Waals surface area contributed by atoms with Crippen molar-refractivity contribution < 1.29 is 43.7 Å². The maximum Gasteiger partial charge on any atom is 0.413 e. The molecule has 0 fully saturated rings. The topological polar surface area (TPSA) is 193 Å². The van der Waals surface area contributed by atoms with E-state index in [2.05, 4.69) is 5.32 Å². The molecule has 0 aromatic carbocycles. The fraction of sp³-hybridized carbons (Fsp3) is 0.600. The number of carbonyl (C=O) groups is 6. The van der Waals surface area contributed by atoms with Crippen LogP contribution >= 0.6 is 11.8 Å². The normalized spacial score (nSPS) is 12.4. The monoisotopic (exact) mass is 421 g/mol. The summed E-state index contributed by atoms with van der Waals surface area (Å²) in [6.07, 6.45) is -1.86. The van der Waals surface area contributed by atoms with Crippen molar-refractivity contribution in [2.45, 2.75) is 31.8 Å². The van der Waals surface area contributed by atoms with E-state index in [9.17, 15) is 28.8 Å². The molecule has 0 rings (SSSR count). The van der Waals surface area contributed by atoms with Crippen LogP contribution < -0.4 is 11.1 Å². The van der Waals surface area contributed by atoms with E-state index in [1.165, 1.54) is 0 Å². The lowest BCUT2D eigenvalue weighted by Crippen LogP contribution is -2.50. The number of carbonyl (C=O) groups excluding carboxylic acids is 4. The van der Waals surface area contributed by atoms with Crippen LogP contribution in [0.4, 0.5) is 4.79 Å². The Morgan fingerprint density at radius 1 is 1.18 bits per heavy atom. The molecule has 5 N–H and O–H groups in total. The summed E-state index contributed by atoms with van der Waals surface area (Å²) in [5.74, 6) is -5.77. The van der Waals surface area contributed by atoms with Crippen molar-refractivity contribution in [2.24, 2.45) is 5.73 Å².